The van der Waals surface area contributed by atoms with Crippen molar-refractivity contribution >= 4 is 47.6 Å². The first kappa shape index (κ1) is 30.3. The van der Waals surface area contributed by atoms with Gasteiger partial charge in [-0.2, -0.15) is 0 Å². The number of carbonyl (C=O) groups excluding carboxylic acids is 1. The van der Waals surface area contributed by atoms with Crippen LogP contribution in [-0.4, -0.2) is 55.4 Å². The number of carboxylic acids is 1. The molecule has 236 valence electrons. The summed E-state index contributed by atoms with van der Waals surface area (Å²) in [6.45, 7) is 11.9. The molecule has 1 aliphatic carbocycles. The second-order valence-corrected chi connectivity index (χ2v) is 12.2. The Balaban J connectivity index is 1.74. The van der Waals surface area contributed by atoms with Gasteiger partial charge in [-0.05, 0) is 73.1 Å². The van der Waals surface area contributed by atoms with Gasteiger partial charge in [0, 0.05) is 62.2 Å². The largest absolute Gasteiger partial charge is 0.510 e. The van der Waals surface area contributed by atoms with Gasteiger partial charge in [-0.3, -0.25) is 9.59 Å². The Bertz CT molecular complexity index is 2040. The van der Waals surface area contributed by atoms with Crippen molar-refractivity contribution in [3.05, 3.63) is 78.4 Å². The van der Waals surface area contributed by atoms with Crippen molar-refractivity contribution in [3.8, 4) is 0 Å². The highest BCUT2D eigenvalue weighted by Gasteiger charge is 2.46. The lowest BCUT2D eigenvalue weighted by atomic mass is 9.80. The lowest BCUT2D eigenvalue weighted by Crippen LogP contribution is -2.38. The number of hydrogen-bond donors (Lipinski definition) is 7. The van der Waals surface area contributed by atoms with Crippen LogP contribution in [0.2, 0.25) is 0 Å². The summed E-state index contributed by atoms with van der Waals surface area (Å²) < 4.78 is 5.19. The summed E-state index contributed by atoms with van der Waals surface area (Å²) in [6.07, 6.45) is 8.84. The third kappa shape index (κ3) is 4.66. The minimum Gasteiger partial charge on any atom is -0.510 e. The van der Waals surface area contributed by atoms with Gasteiger partial charge in [0.1, 0.15) is 11.7 Å². The number of aromatic nitrogens is 3. The molecule has 5 heterocycles. The van der Waals surface area contributed by atoms with Gasteiger partial charge in [0.25, 0.3) is 0 Å². The van der Waals surface area contributed by atoms with E-state index < -0.39 is 23.9 Å². The van der Waals surface area contributed by atoms with Crippen LogP contribution in [0, 0.1) is 31.6 Å². The molecule has 3 aliphatic rings. The van der Waals surface area contributed by atoms with E-state index in [9.17, 15) is 24.9 Å². The Hall–Kier alpha value is -4.70. The lowest BCUT2D eigenvalue weighted by Gasteiger charge is -2.26. The van der Waals surface area contributed by atoms with Crippen LogP contribution in [0.1, 0.15) is 71.6 Å². The number of ether oxygens (including phenoxy) is 1. The summed E-state index contributed by atoms with van der Waals surface area (Å²) in [5, 5.41) is 38.2. The Morgan fingerprint density at radius 3 is 2.36 bits per heavy atom. The monoisotopic (exact) mass is 612 g/mol. The highest BCUT2D eigenvalue weighted by molar-refractivity contribution is 5.95. The van der Waals surface area contributed by atoms with Crippen molar-refractivity contribution < 1.29 is 29.6 Å². The van der Waals surface area contributed by atoms with Crippen molar-refractivity contribution in [2.24, 2.45) is 17.8 Å². The summed E-state index contributed by atoms with van der Waals surface area (Å²) in [5.74, 6) is -2.88. The van der Waals surface area contributed by atoms with E-state index >= 15 is 0 Å². The van der Waals surface area contributed by atoms with Crippen molar-refractivity contribution in [1.29, 1.82) is 0 Å². The third-order valence-electron chi connectivity index (χ3n) is 10.0. The number of esters is 1. The number of aromatic amines is 3. The molecule has 2 aliphatic heterocycles. The maximum Gasteiger partial charge on any atom is 0.320 e. The molecular formula is C35H40N4O6. The first-order chi connectivity index (χ1) is 21.5. The fourth-order valence-electron chi connectivity index (χ4n) is 7.62. The molecule has 0 spiro atoms. The minimum absolute atomic E-state index is 0.0366. The van der Waals surface area contributed by atoms with E-state index in [0.29, 0.717) is 29.0 Å². The number of aliphatic hydroxyl groups excluding tert-OH is 2. The number of carboxylic acid groups (broad SMARTS) is 1. The van der Waals surface area contributed by atoms with Crippen molar-refractivity contribution in [3.63, 3.8) is 0 Å². The van der Waals surface area contributed by atoms with E-state index in [-0.39, 0.29) is 30.6 Å². The number of rotatable bonds is 7. The van der Waals surface area contributed by atoms with Gasteiger partial charge >= 0.3 is 11.9 Å². The van der Waals surface area contributed by atoms with Crippen LogP contribution in [0.15, 0.2) is 12.3 Å². The van der Waals surface area contributed by atoms with Crippen LogP contribution in [0.5, 0.6) is 0 Å². The first-order valence-electron chi connectivity index (χ1n) is 15.4. The molecule has 0 aromatic carbocycles. The summed E-state index contributed by atoms with van der Waals surface area (Å²) in [7, 11) is 1.30. The topological polar surface area (TPSA) is 163 Å². The molecule has 0 radical (unpaired) electrons. The van der Waals surface area contributed by atoms with Crippen molar-refractivity contribution in [2.75, 3.05) is 7.11 Å². The Labute approximate surface area is 260 Å². The fourth-order valence-corrected chi connectivity index (χ4v) is 7.62. The second-order valence-electron chi connectivity index (χ2n) is 12.2. The number of methoxy groups -OCH3 is 1. The summed E-state index contributed by atoms with van der Waals surface area (Å²) in [6, 6.07) is -0.457. The molecule has 10 nitrogen and oxygen atoms in total. The average molecular weight is 613 g/mol. The molecule has 6 rings (SSSR count). The van der Waals surface area contributed by atoms with Gasteiger partial charge in [0.15, 0.2) is 0 Å². The predicted octanol–water partition coefficient (Wildman–Crippen LogP) is 1.71. The molecule has 3 aromatic heterocycles. The zero-order chi connectivity index (χ0) is 32.3. The quantitative estimate of drug-likeness (QED) is 0.200. The van der Waals surface area contributed by atoms with E-state index in [1.54, 1.807) is 0 Å². The lowest BCUT2D eigenvalue weighted by molar-refractivity contribution is -0.142. The molecule has 1 unspecified atom stereocenters. The molecule has 1 saturated heterocycles. The number of aliphatic carboxylic acids is 1. The highest BCUT2D eigenvalue weighted by atomic mass is 16.5. The van der Waals surface area contributed by atoms with Crippen LogP contribution in [0.3, 0.4) is 0 Å². The maximum absolute atomic E-state index is 13.3. The zero-order valence-electron chi connectivity index (χ0n) is 26.2. The Kier molecular flexibility index (Phi) is 7.64. The molecule has 0 amide bonds. The van der Waals surface area contributed by atoms with Gasteiger partial charge in [-0.15, -0.1) is 0 Å². The van der Waals surface area contributed by atoms with Gasteiger partial charge in [-0.25, -0.2) is 0 Å². The van der Waals surface area contributed by atoms with E-state index in [1.165, 1.54) is 7.11 Å². The van der Waals surface area contributed by atoms with Gasteiger partial charge in [-0.1, -0.05) is 26.5 Å². The number of aliphatic hydroxyl groups is 2. The third-order valence-corrected chi connectivity index (χ3v) is 10.0. The molecule has 3 aromatic rings. The van der Waals surface area contributed by atoms with Crippen LogP contribution < -0.4 is 26.6 Å². The normalized spacial score (nSPS) is 24.3. The molecular weight excluding hydrogens is 572 g/mol. The fraction of sp³-hybridized carbons (Fsp3) is 0.371. The molecule has 45 heavy (non-hydrogen) atoms. The Morgan fingerprint density at radius 1 is 1.02 bits per heavy atom. The Morgan fingerprint density at radius 2 is 1.71 bits per heavy atom. The van der Waals surface area contributed by atoms with E-state index in [2.05, 4.69) is 33.8 Å². The summed E-state index contributed by atoms with van der Waals surface area (Å²) >= 11 is 0. The van der Waals surface area contributed by atoms with E-state index in [1.807, 2.05) is 45.1 Å². The minimum atomic E-state index is -1.04. The molecule has 8 bridgehead atoms. The number of fused-ring (bicyclic) bond motifs is 8. The average Bonchev–Trinajstić information content (AvgIpc) is 3.76. The van der Waals surface area contributed by atoms with Crippen LogP contribution in [-0.2, 0) is 27.4 Å². The van der Waals surface area contributed by atoms with Crippen molar-refractivity contribution in [2.45, 2.75) is 59.6 Å². The van der Waals surface area contributed by atoms with E-state index in [0.717, 1.165) is 61.3 Å². The maximum atomic E-state index is 13.3. The number of allylic oxidation sites excluding steroid dienone is 1. The van der Waals surface area contributed by atoms with Crippen LogP contribution >= 0.6 is 0 Å². The number of hydrogen-bond acceptors (Lipinski definition) is 6. The molecule has 4 atom stereocenters. The van der Waals surface area contributed by atoms with Gasteiger partial charge in [0.2, 0.25) is 0 Å². The van der Waals surface area contributed by atoms with E-state index in [4.69, 9.17) is 4.74 Å². The standard InChI is InChI=1S/C35H40N4O6/c1-7-18-15(3)22-11-23-16(4)20(9-10-28(41)42)32(38-23)30-31(35(44)45-6)34(43)29-17(5)24(39-33(29)30)12-26-19(8-2)21(14-40)27(37-26)13-25(18)36-22/h7,11-13,16,20,31-32,36-40,43H,1,8-10,14H2,2-6H3,(H,41,42)/b23-11-,26-12-,27-13-/t16-,20-,31+,32?/m0/s1. The van der Waals surface area contributed by atoms with Crippen LogP contribution in [0.4, 0.5) is 0 Å². The summed E-state index contributed by atoms with van der Waals surface area (Å²) in [4.78, 5) is 35.6. The highest BCUT2D eigenvalue weighted by Crippen LogP contribution is 2.42. The number of nitrogens with one attached hydrogen (secondary N) is 4. The molecule has 0 saturated carbocycles. The second kappa shape index (κ2) is 11.3. The summed E-state index contributed by atoms with van der Waals surface area (Å²) in [5.41, 5.74) is 8.45. The smallest absolute Gasteiger partial charge is 0.320 e. The molecule has 7 N–H and O–H groups in total. The number of carbonyl (C=O) groups is 2. The SMILES string of the molecule is C=Cc1c2[nH]c(c1C)/C=C1\NC(C3=c4[nH]c(c(C)c4=C(O)[C@@H]3C(=O)OC)/C=c3\[nH]/c(c(CO)c3CC)=C\2)[C@@H](CCC(=O)O)[C@@H]1C. The first-order valence-corrected chi connectivity index (χ1v) is 15.4. The van der Waals surface area contributed by atoms with Gasteiger partial charge in [0.05, 0.1) is 25.1 Å². The predicted molar refractivity (Wildman–Crippen MR) is 172 cm³/mol. The van der Waals surface area contributed by atoms with Gasteiger partial charge < -0.3 is 40.3 Å². The van der Waals surface area contributed by atoms with Crippen molar-refractivity contribution in [1.82, 2.24) is 20.3 Å². The molecule has 1 fully saturated rings. The van der Waals surface area contributed by atoms with Crippen LogP contribution in [0.25, 0.3) is 35.6 Å². The zero-order valence-corrected chi connectivity index (χ0v) is 26.2. The number of H-pyrrole nitrogens is 3. The molecule has 10 heteroatoms.